The van der Waals surface area contributed by atoms with Crippen LogP contribution < -0.4 is 14.2 Å². The minimum absolute atomic E-state index is 0.0499. The van der Waals surface area contributed by atoms with Crippen LogP contribution in [-0.2, 0) is 16.0 Å². The van der Waals surface area contributed by atoms with Gasteiger partial charge in [0, 0.05) is 41.1 Å². The molecule has 0 N–H and O–H groups in total. The molecule has 0 radical (unpaired) electrons. The van der Waals surface area contributed by atoms with Crippen LogP contribution in [0.15, 0.2) is 73.3 Å². The van der Waals surface area contributed by atoms with Crippen molar-refractivity contribution >= 4 is 5.97 Å². The molecule has 2 atom stereocenters. The number of esters is 1. The first-order valence-corrected chi connectivity index (χ1v) is 12.2. The molecule has 2 aliphatic rings. The standard InChI is InChI=1S/C29H25FN2O5/c1-34-28(33)14-18-16-35-27-15-19(6-7-20(18)27)36-26-10-8-21-24(11-9-22(30)29(21)26)37-25-5-3-2-4-23(25)32-13-12-31-17-32/h2-7,9,11-13,15,17-18,26H,8,10,14,16H2,1H3/t18-,26-/m1/s1. The molecule has 0 unspecified atom stereocenters. The molecule has 7 nitrogen and oxygen atoms in total. The van der Waals surface area contributed by atoms with Crippen molar-refractivity contribution in [2.45, 2.75) is 31.3 Å². The van der Waals surface area contributed by atoms with Gasteiger partial charge in [-0.15, -0.1) is 0 Å². The SMILES string of the molecule is COC(=O)C[C@@H]1COc2cc(O[C@@H]3CCc4c(Oc5ccccc5-n5ccnc5)ccc(F)c43)ccc21. The van der Waals surface area contributed by atoms with Gasteiger partial charge >= 0.3 is 5.97 Å². The molecular formula is C29H25FN2O5. The third-order valence-electron chi connectivity index (χ3n) is 6.89. The minimum atomic E-state index is -0.451. The Balaban J connectivity index is 1.24. The molecule has 0 spiro atoms. The van der Waals surface area contributed by atoms with Crippen LogP contribution in [0.25, 0.3) is 5.69 Å². The van der Waals surface area contributed by atoms with Crippen molar-refractivity contribution in [2.75, 3.05) is 13.7 Å². The van der Waals surface area contributed by atoms with Crippen LogP contribution in [-0.4, -0.2) is 29.2 Å². The molecule has 1 aliphatic heterocycles. The van der Waals surface area contributed by atoms with Gasteiger partial charge in [0.05, 0.1) is 32.2 Å². The van der Waals surface area contributed by atoms with Gasteiger partial charge in [-0.1, -0.05) is 18.2 Å². The zero-order valence-electron chi connectivity index (χ0n) is 20.2. The number of nitrogens with zero attached hydrogens (tertiary/aromatic N) is 2. The maximum Gasteiger partial charge on any atom is 0.306 e. The van der Waals surface area contributed by atoms with Crippen LogP contribution in [0.1, 0.15) is 41.6 Å². The van der Waals surface area contributed by atoms with Crippen LogP contribution in [0, 0.1) is 5.82 Å². The molecule has 0 saturated carbocycles. The van der Waals surface area contributed by atoms with Crippen molar-refractivity contribution < 1.29 is 28.1 Å². The number of hydrogen-bond acceptors (Lipinski definition) is 6. The Morgan fingerprint density at radius 1 is 1.16 bits per heavy atom. The number of rotatable bonds is 7. The summed E-state index contributed by atoms with van der Waals surface area (Å²) >= 11 is 0. The number of carbonyl (C=O) groups is 1. The zero-order valence-corrected chi connectivity index (χ0v) is 20.2. The molecular weight excluding hydrogens is 475 g/mol. The van der Waals surface area contributed by atoms with Gasteiger partial charge < -0.3 is 23.5 Å². The lowest BCUT2D eigenvalue weighted by Crippen LogP contribution is -2.09. The second-order valence-electron chi connectivity index (χ2n) is 9.11. The molecule has 37 heavy (non-hydrogen) atoms. The maximum atomic E-state index is 15.1. The van der Waals surface area contributed by atoms with Crippen molar-refractivity contribution in [3.63, 3.8) is 0 Å². The lowest BCUT2D eigenvalue weighted by atomic mass is 9.98. The van der Waals surface area contributed by atoms with E-state index < -0.39 is 6.10 Å². The molecule has 0 fully saturated rings. The van der Waals surface area contributed by atoms with E-state index in [-0.39, 0.29) is 24.1 Å². The van der Waals surface area contributed by atoms with Crippen LogP contribution >= 0.6 is 0 Å². The third-order valence-corrected chi connectivity index (χ3v) is 6.89. The summed E-state index contributed by atoms with van der Waals surface area (Å²) in [6.45, 7) is 0.413. The van der Waals surface area contributed by atoms with E-state index in [1.807, 2.05) is 53.2 Å². The summed E-state index contributed by atoms with van der Waals surface area (Å²) in [6, 6.07) is 16.3. The summed E-state index contributed by atoms with van der Waals surface area (Å²) < 4.78 is 40.1. The van der Waals surface area contributed by atoms with Crippen LogP contribution in [0.2, 0.25) is 0 Å². The largest absolute Gasteiger partial charge is 0.492 e. The van der Waals surface area contributed by atoms with E-state index in [0.717, 1.165) is 16.8 Å². The van der Waals surface area contributed by atoms with E-state index in [2.05, 4.69) is 4.98 Å². The number of benzene rings is 3. The third kappa shape index (κ3) is 4.39. The van der Waals surface area contributed by atoms with Crippen LogP contribution in [0.3, 0.4) is 0 Å². The van der Waals surface area contributed by atoms with E-state index >= 15 is 4.39 Å². The Morgan fingerprint density at radius 2 is 2.05 bits per heavy atom. The highest BCUT2D eigenvalue weighted by molar-refractivity contribution is 5.71. The fourth-order valence-corrected chi connectivity index (χ4v) is 5.08. The van der Waals surface area contributed by atoms with Crippen molar-refractivity contribution in [3.8, 4) is 28.7 Å². The van der Waals surface area contributed by atoms with Gasteiger partial charge in [-0.05, 0) is 43.2 Å². The highest BCUT2D eigenvalue weighted by Gasteiger charge is 2.32. The molecule has 4 aromatic rings. The van der Waals surface area contributed by atoms with E-state index in [4.69, 9.17) is 18.9 Å². The van der Waals surface area contributed by atoms with Gasteiger partial charge in [-0.3, -0.25) is 4.79 Å². The Kier molecular flexibility index (Phi) is 6.00. The van der Waals surface area contributed by atoms with Crippen molar-refractivity contribution in [1.82, 2.24) is 9.55 Å². The molecule has 0 bridgehead atoms. The number of aromatic nitrogens is 2. The lowest BCUT2D eigenvalue weighted by molar-refractivity contribution is -0.141. The Bertz CT molecular complexity index is 1450. The van der Waals surface area contributed by atoms with Crippen LogP contribution in [0.4, 0.5) is 4.39 Å². The van der Waals surface area contributed by atoms with Gasteiger partial charge in [-0.25, -0.2) is 9.37 Å². The average molecular weight is 501 g/mol. The number of fused-ring (bicyclic) bond motifs is 2. The van der Waals surface area contributed by atoms with Gasteiger partial charge in [0.15, 0.2) is 5.75 Å². The number of halogens is 1. The molecule has 8 heteroatoms. The topological polar surface area (TPSA) is 71.8 Å². The second kappa shape index (κ2) is 9.61. The Hall–Kier alpha value is -4.33. The van der Waals surface area contributed by atoms with Crippen molar-refractivity contribution in [3.05, 3.63) is 95.8 Å². The summed E-state index contributed by atoms with van der Waals surface area (Å²) in [6.07, 6.45) is 6.32. The predicted molar refractivity (Wildman–Crippen MR) is 133 cm³/mol. The molecule has 0 amide bonds. The summed E-state index contributed by atoms with van der Waals surface area (Å²) in [4.78, 5) is 15.8. The molecule has 1 aliphatic carbocycles. The summed E-state index contributed by atoms with van der Waals surface area (Å²) in [5.74, 6) is 1.89. The van der Waals surface area contributed by atoms with Crippen molar-refractivity contribution in [1.29, 1.82) is 0 Å². The normalized spacial score (nSPS) is 17.6. The quantitative estimate of drug-likeness (QED) is 0.294. The first-order valence-electron chi connectivity index (χ1n) is 12.2. The summed E-state index contributed by atoms with van der Waals surface area (Å²) in [5.41, 5.74) is 3.11. The first kappa shape index (κ1) is 23.1. The maximum absolute atomic E-state index is 15.1. The van der Waals surface area contributed by atoms with E-state index in [0.29, 0.717) is 48.0 Å². The first-order chi connectivity index (χ1) is 18.1. The monoisotopic (exact) mass is 500 g/mol. The average Bonchev–Trinajstić information content (AvgIpc) is 3.67. The molecule has 2 heterocycles. The molecule has 3 aromatic carbocycles. The number of para-hydroxylation sites is 2. The second-order valence-corrected chi connectivity index (χ2v) is 9.11. The minimum Gasteiger partial charge on any atom is -0.492 e. The fourth-order valence-electron chi connectivity index (χ4n) is 5.08. The number of ether oxygens (including phenoxy) is 4. The lowest BCUT2D eigenvalue weighted by Gasteiger charge is -2.18. The van der Waals surface area contributed by atoms with E-state index in [1.54, 1.807) is 18.6 Å². The highest BCUT2D eigenvalue weighted by atomic mass is 19.1. The van der Waals surface area contributed by atoms with Gasteiger partial charge in [-0.2, -0.15) is 0 Å². The highest BCUT2D eigenvalue weighted by Crippen LogP contribution is 2.44. The van der Waals surface area contributed by atoms with Crippen molar-refractivity contribution in [2.24, 2.45) is 0 Å². The van der Waals surface area contributed by atoms with Crippen LogP contribution in [0.5, 0.6) is 23.0 Å². The number of hydrogen-bond donors (Lipinski definition) is 0. The molecule has 188 valence electrons. The fraction of sp³-hybridized carbons (Fsp3) is 0.241. The number of methoxy groups -OCH3 is 1. The number of carbonyl (C=O) groups excluding carboxylic acids is 1. The Labute approximate surface area is 213 Å². The Morgan fingerprint density at radius 3 is 2.89 bits per heavy atom. The zero-order chi connectivity index (χ0) is 25.4. The predicted octanol–water partition coefficient (Wildman–Crippen LogP) is 5.91. The summed E-state index contributed by atoms with van der Waals surface area (Å²) in [7, 11) is 1.38. The van der Waals surface area contributed by atoms with Gasteiger partial charge in [0.25, 0.3) is 0 Å². The molecule has 1 aromatic heterocycles. The van der Waals surface area contributed by atoms with Gasteiger partial charge in [0.2, 0.25) is 0 Å². The van der Waals surface area contributed by atoms with E-state index in [1.165, 1.54) is 13.2 Å². The molecule has 6 rings (SSSR count). The smallest absolute Gasteiger partial charge is 0.306 e. The number of imidazole rings is 1. The summed E-state index contributed by atoms with van der Waals surface area (Å²) in [5, 5.41) is 0. The van der Waals surface area contributed by atoms with Gasteiger partial charge in [0.1, 0.15) is 29.2 Å². The molecule has 0 saturated heterocycles. The van der Waals surface area contributed by atoms with E-state index in [9.17, 15) is 4.79 Å².